The average Bonchev–Trinajstić information content (AvgIpc) is 2.93. The second-order valence-corrected chi connectivity index (χ2v) is 6.43. The maximum atomic E-state index is 12.3. The molecule has 1 aliphatic rings. The average molecular weight is 434 g/mol. The van der Waals surface area contributed by atoms with Crippen LogP contribution in [0.4, 0.5) is 0 Å². The number of nitrogens with zero attached hydrogens (tertiary/aromatic N) is 1. The lowest BCUT2D eigenvalue weighted by molar-refractivity contribution is 0.0420. The molecule has 2 aromatic rings. The molecule has 0 fully saturated rings. The Hall–Kier alpha value is -2.87. The van der Waals surface area contributed by atoms with Gasteiger partial charge in [-0.1, -0.05) is 12.1 Å². The molecule has 1 heterocycles. The Morgan fingerprint density at radius 2 is 1.52 bits per heavy atom. The highest BCUT2D eigenvalue weighted by Gasteiger charge is 2.34. The summed E-state index contributed by atoms with van der Waals surface area (Å²) in [6.07, 6.45) is 0. The first kappa shape index (κ1) is 18.9. The molecule has 8 heteroatoms. The number of ether oxygens (including phenoxy) is 3. The van der Waals surface area contributed by atoms with E-state index in [0.29, 0.717) is 27.1 Å². The van der Waals surface area contributed by atoms with Crippen molar-refractivity contribution in [3.63, 3.8) is 0 Å². The summed E-state index contributed by atoms with van der Waals surface area (Å²) in [6.45, 7) is -0.145. The summed E-state index contributed by atoms with van der Waals surface area (Å²) < 4.78 is 16.2. The van der Waals surface area contributed by atoms with Gasteiger partial charge in [0, 0.05) is 0 Å². The number of benzene rings is 2. The molecule has 2 aromatic carbocycles. The molecule has 0 saturated heterocycles. The molecule has 140 valence electrons. The monoisotopic (exact) mass is 433 g/mol. The first-order valence-corrected chi connectivity index (χ1v) is 8.81. The van der Waals surface area contributed by atoms with Crippen LogP contribution in [-0.4, -0.2) is 50.1 Å². The van der Waals surface area contributed by atoms with Gasteiger partial charge in [0.05, 0.1) is 37.5 Å². The number of carbonyl (C=O) groups is 3. The van der Waals surface area contributed by atoms with Crippen LogP contribution < -0.4 is 9.47 Å². The lowest BCUT2D eigenvalue weighted by Crippen LogP contribution is -2.33. The van der Waals surface area contributed by atoms with Crippen LogP contribution in [0.15, 0.2) is 40.9 Å². The number of fused-ring (bicyclic) bond motifs is 1. The highest BCUT2D eigenvalue weighted by atomic mass is 79.9. The molecule has 1 aliphatic heterocycles. The Labute approximate surface area is 163 Å². The fraction of sp³-hybridized carbons (Fsp3) is 0.211. The Kier molecular flexibility index (Phi) is 5.46. The normalized spacial score (nSPS) is 12.8. The molecule has 0 unspecified atom stereocenters. The number of hydrogen-bond donors (Lipinski definition) is 0. The lowest BCUT2D eigenvalue weighted by atomic mass is 10.1. The van der Waals surface area contributed by atoms with E-state index in [1.54, 1.807) is 24.3 Å². The van der Waals surface area contributed by atoms with Crippen molar-refractivity contribution in [3.05, 3.63) is 57.6 Å². The quantitative estimate of drug-likeness (QED) is 0.514. The summed E-state index contributed by atoms with van der Waals surface area (Å²) in [5, 5.41) is 0. The second kappa shape index (κ2) is 7.79. The molecule has 0 N–H and O–H groups in total. The van der Waals surface area contributed by atoms with Crippen LogP contribution in [-0.2, 0) is 4.74 Å². The molecule has 27 heavy (non-hydrogen) atoms. The Morgan fingerprint density at radius 3 is 2.00 bits per heavy atom. The smallest absolute Gasteiger partial charge is 0.338 e. The van der Waals surface area contributed by atoms with Crippen molar-refractivity contribution in [2.75, 3.05) is 27.4 Å². The van der Waals surface area contributed by atoms with E-state index < -0.39 is 17.8 Å². The van der Waals surface area contributed by atoms with Crippen molar-refractivity contribution >= 4 is 33.7 Å². The molecule has 0 atom stereocenters. The van der Waals surface area contributed by atoms with E-state index >= 15 is 0 Å². The van der Waals surface area contributed by atoms with E-state index in [1.165, 1.54) is 26.4 Å². The van der Waals surface area contributed by atoms with E-state index in [-0.39, 0.29) is 18.7 Å². The van der Waals surface area contributed by atoms with Crippen LogP contribution in [0, 0.1) is 0 Å². The summed E-state index contributed by atoms with van der Waals surface area (Å²) >= 11 is 3.33. The number of halogens is 1. The zero-order valence-corrected chi connectivity index (χ0v) is 16.2. The van der Waals surface area contributed by atoms with Crippen molar-refractivity contribution in [2.24, 2.45) is 0 Å². The predicted molar refractivity (Wildman–Crippen MR) is 99.3 cm³/mol. The number of carbonyl (C=O) groups excluding carboxylic acids is 3. The maximum Gasteiger partial charge on any atom is 0.338 e. The number of methoxy groups -OCH3 is 2. The Bertz CT molecular complexity index is 866. The van der Waals surface area contributed by atoms with Gasteiger partial charge in [-0.05, 0) is 40.2 Å². The van der Waals surface area contributed by atoms with E-state index in [0.717, 1.165) is 4.90 Å². The van der Waals surface area contributed by atoms with Gasteiger partial charge in [-0.15, -0.1) is 0 Å². The van der Waals surface area contributed by atoms with Gasteiger partial charge in [0.15, 0.2) is 0 Å². The highest BCUT2D eigenvalue weighted by molar-refractivity contribution is 9.10. The summed E-state index contributed by atoms with van der Waals surface area (Å²) in [6, 6.07) is 9.61. The molecule has 0 aromatic heterocycles. The van der Waals surface area contributed by atoms with Gasteiger partial charge in [0.2, 0.25) is 0 Å². The van der Waals surface area contributed by atoms with Crippen LogP contribution in [0.5, 0.6) is 11.5 Å². The van der Waals surface area contributed by atoms with Gasteiger partial charge in [0.1, 0.15) is 22.6 Å². The second-order valence-electron chi connectivity index (χ2n) is 5.64. The molecule has 0 bridgehead atoms. The molecule has 0 saturated carbocycles. The van der Waals surface area contributed by atoms with Gasteiger partial charge in [-0.3, -0.25) is 14.5 Å². The van der Waals surface area contributed by atoms with Gasteiger partial charge in [-0.25, -0.2) is 4.79 Å². The van der Waals surface area contributed by atoms with Crippen molar-refractivity contribution in [3.8, 4) is 11.5 Å². The van der Waals surface area contributed by atoms with Crippen molar-refractivity contribution in [2.45, 2.75) is 0 Å². The third-order valence-corrected chi connectivity index (χ3v) is 4.89. The van der Waals surface area contributed by atoms with Crippen molar-refractivity contribution < 1.29 is 28.6 Å². The highest BCUT2D eigenvalue weighted by Crippen LogP contribution is 2.35. The Morgan fingerprint density at radius 1 is 1.00 bits per heavy atom. The van der Waals surface area contributed by atoms with Crippen LogP contribution in [0.2, 0.25) is 0 Å². The van der Waals surface area contributed by atoms with Gasteiger partial charge >= 0.3 is 5.97 Å². The lowest BCUT2D eigenvalue weighted by Gasteiger charge is -2.14. The van der Waals surface area contributed by atoms with Crippen molar-refractivity contribution in [1.82, 2.24) is 4.90 Å². The number of hydrogen-bond acceptors (Lipinski definition) is 6. The minimum Gasteiger partial charge on any atom is -0.495 e. The van der Waals surface area contributed by atoms with Gasteiger partial charge in [-0.2, -0.15) is 0 Å². The molecular formula is C19H16BrNO6. The topological polar surface area (TPSA) is 82.1 Å². The third-order valence-electron chi connectivity index (χ3n) is 4.11. The first-order chi connectivity index (χ1) is 13.0. The third kappa shape index (κ3) is 3.52. The number of imide groups is 1. The molecule has 0 aliphatic carbocycles. The molecule has 0 spiro atoms. The summed E-state index contributed by atoms with van der Waals surface area (Å²) in [5.74, 6) is -0.559. The van der Waals surface area contributed by atoms with E-state index in [9.17, 15) is 14.4 Å². The predicted octanol–water partition coefficient (Wildman–Crippen LogP) is 2.92. The fourth-order valence-electron chi connectivity index (χ4n) is 2.74. The van der Waals surface area contributed by atoms with Gasteiger partial charge < -0.3 is 14.2 Å². The summed E-state index contributed by atoms with van der Waals surface area (Å²) in [4.78, 5) is 37.9. The standard InChI is InChI=1S/C19H16BrNO6/c1-25-14-9-11(10-15(26-2)16(14)20)19(24)27-8-7-21-17(22)12-5-3-4-6-13(12)18(21)23/h3-6,9-10H,7-8H2,1-2H3. The number of rotatable bonds is 6. The zero-order chi connectivity index (χ0) is 19.6. The molecule has 2 amide bonds. The van der Waals surface area contributed by atoms with Crippen molar-refractivity contribution in [1.29, 1.82) is 0 Å². The van der Waals surface area contributed by atoms with Gasteiger partial charge in [0.25, 0.3) is 11.8 Å². The SMILES string of the molecule is COc1cc(C(=O)OCCN2C(=O)c3ccccc3C2=O)cc(OC)c1Br. The van der Waals surface area contributed by atoms with Crippen LogP contribution in [0.1, 0.15) is 31.1 Å². The van der Waals surface area contributed by atoms with Crippen LogP contribution in [0.3, 0.4) is 0 Å². The molecule has 3 rings (SSSR count). The Balaban J connectivity index is 1.66. The van der Waals surface area contributed by atoms with E-state index in [1.807, 2.05) is 0 Å². The largest absolute Gasteiger partial charge is 0.495 e. The van der Waals surface area contributed by atoms with E-state index in [4.69, 9.17) is 14.2 Å². The zero-order valence-electron chi connectivity index (χ0n) is 14.7. The first-order valence-electron chi connectivity index (χ1n) is 8.01. The maximum absolute atomic E-state index is 12.3. The minimum atomic E-state index is -0.615. The number of esters is 1. The molecular weight excluding hydrogens is 418 g/mol. The van der Waals surface area contributed by atoms with E-state index in [2.05, 4.69) is 15.9 Å². The van der Waals surface area contributed by atoms with Crippen LogP contribution >= 0.6 is 15.9 Å². The summed E-state index contributed by atoms with van der Waals surface area (Å²) in [7, 11) is 2.94. The van der Waals surface area contributed by atoms with Crippen LogP contribution in [0.25, 0.3) is 0 Å². The minimum absolute atomic E-state index is 0.0249. The summed E-state index contributed by atoms with van der Waals surface area (Å²) in [5.41, 5.74) is 0.946. The fourth-order valence-corrected chi connectivity index (χ4v) is 3.30. The molecule has 0 radical (unpaired) electrons. The molecule has 7 nitrogen and oxygen atoms in total. The number of amides is 2.